The van der Waals surface area contributed by atoms with E-state index in [1.807, 2.05) is 0 Å². The van der Waals surface area contributed by atoms with Gasteiger partial charge in [-0.15, -0.1) is 0 Å². The molecule has 0 amide bonds. The van der Waals surface area contributed by atoms with Crippen molar-refractivity contribution in [3.8, 4) is 0 Å². The zero-order valence-corrected chi connectivity index (χ0v) is 11.3. The predicted octanol–water partition coefficient (Wildman–Crippen LogP) is 2.76. The maximum Gasteiger partial charge on any atom is 0.331 e. The summed E-state index contributed by atoms with van der Waals surface area (Å²) in [6, 6.07) is 0. The average molecular weight is 230 g/mol. The minimum absolute atomic E-state index is 0.286. The monoisotopic (exact) mass is 230 g/mol. The van der Waals surface area contributed by atoms with Gasteiger partial charge in [0, 0.05) is 0 Å². The first-order chi connectivity index (χ1) is 7.20. The predicted molar refractivity (Wildman–Crippen MR) is 65.1 cm³/mol. The largest absolute Gasteiger partial charge is 0.464 e. The fraction of sp³-hybridized carbons (Fsp3) is 0.923. The van der Waals surface area contributed by atoms with Crippen LogP contribution in [0.25, 0.3) is 0 Å². The first-order valence-corrected chi connectivity index (χ1v) is 5.97. The standard InChI is InChI=1S/C13H26O3/c1-12(2,3)13(4,5)8-6-7-9-16-11(15)10-14/h14H,6-10H2,1-5H3. The molecule has 16 heavy (non-hydrogen) atoms. The topological polar surface area (TPSA) is 46.5 Å². The lowest BCUT2D eigenvalue weighted by Gasteiger charge is -2.39. The number of aliphatic hydroxyl groups is 1. The molecule has 3 heteroatoms. The van der Waals surface area contributed by atoms with Gasteiger partial charge >= 0.3 is 5.97 Å². The number of unbranched alkanes of at least 4 members (excludes halogenated alkanes) is 1. The molecule has 0 saturated heterocycles. The summed E-state index contributed by atoms with van der Waals surface area (Å²) in [5.74, 6) is -0.532. The Morgan fingerprint density at radius 3 is 2.12 bits per heavy atom. The number of hydrogen-bond donors (Lipinski definition) is 1. The molecule has 3 nitrogen and oxygen atoms in total. The highest BCUT2D eigenvalue weighted by Crippen LogP contribution is 2.41. The Bertz CT molecular complexity index is 214. The van der Waals surface area contributed by atoms with E-state index in [-0.39, 0.29) is 10.8 Å². The van der Waals surface area contributed by atoms with Gasteiger partial charge in [-0.25, -0.2) is 4.79 Å². The second-order valence-electron chi connectivity index (χ2n) is 5.97. The molecule has 0 aliphatic carbocycles. The van der Waals surface area contributed by atoms with Crippen molar-refractivity contribution >= 4 is 5.97 Å². The summed E-state index contributed by atoms with van der Waals surface area (Å²) in [6.07, 6.45) is 3.03. The van der Waals surface area contributed by atoms with E-state index in [0.717, 1.165) is 19.3 Å². The van der Waals surface area contributed by atoms with E-state index in [4.69, 9.17) is 9.84 Å². The van der Waals surface area contributed by atoms with Gasteiger partial charge in [-0.05, 0) is 30.1 Å². The first kappa shape index (κ1) is 15.4. The second-order valence-corrected chi connectivity index (χ2v) is 5.97. The molecule has 0 aromatic heterocycles. The minimum atomic E-state index is -0.532. The highest BCUT2D eigenvalue weighted by Gasteiger charge is 2.31. The van der Waals surface area contributed by atoms with Gasteiger partial charge in [-0.1, -0.05) is 34.6 Å². The van der Waals surface area contributed by atoms with E-state index in [9.17, 15) is 4.79 Å². The molecule has 0 rings (SSSR count). The number of aliphatic hydroxyl groups excluding tert-OH is 1. The third-order valence-corrected chi connectivity index (χ3v) is 3.62. The lowest BCUT2D eigenvalue weighted by Crippen LogP contribution is -2.29. The number of carbonyl (C=O) groups excluding carboxylic acids is 1. The van der Waals surface area contributed by atoms with Crippen LogP contribution in [0.1, 0.15) is 53.9 Å². The summed E-state index contributed by atoms with van der Waals surface area (Å²) in [4.78, 5) is 10.7. The third kappa shape index (κ3) is 5.50. The van der Waals surface area contributed by atoms with E-state index in [0.29, 0.717) is 6.61 Å². The zero-order valence-electron chi connectivity index (χ0n) is 11.3. The number of ether oxygens (including phenoxy) is 1. The fourth-order valence-corrected chi connectivity index (χ4v) is 1.28. The smallest absolute Gasteiger partial charge is 0.331 e. The SMILES string of the molecule is CC(C)(C)C(C)(C)CCCCOC(=O)CO. The molecule has 0 saturated carbocycles. The minimum Gasteiger partial charge on any atom is -0.464 e. The Labute approximate surface area is 99.2 Å². The molecule has 0 aromatic carbocycles. The molecular weight excluding hydrogens is 204 g/mol. The maximum atomic E-state index is 10.7. The molecule has 0 fully saturated rings. The fourth-order valence-electron chi connectivity index (χ4n) is 1.28. The Hall–Kier alpha value is -0.570. The van der Waals surface area contributed by atoms with Crippen LogP contribution in [0, 0.1) is 10.8 Å². The van der Waals surface area contributed by atoms with E-state index in [2.05, 4.69) is 34.6 Å². The molecule has 0 radical (unpaired) electrons. The van der Waals surface area contributed by atoms with Crippen molar-refractivity contribution in [2.24, 2.45) is 10.8 Å². The molecule has 0 unspecified atom stereocenters. The molecule has 0 atom stereocenters. The van der Waals surface area contributed by atoms with Crippen LogP contribution in [-0.2, 0) is 9.53 Å². The average Bonchev–Trinajstić information content (AvgIpc) is 2.15. The quantitative estimate of drug-likeness (QED) is 0.564. The van der Waals surface area contributed by atoms with Gasteiger partial charge < -0.3 is 9.84 Å². The van der Waals surface area contributed by atoms with Crippen LogP contribution in [0.5, 0.6) is 0 Å². The molecule has 0 aliphatic rings. The van der Waals surface area contributed by atoms with Crippen LogP contribution >= 0.6 is 0 Å². The molecule has 0 bridgehead atoms. The van der Waals surface area contributed by atoms with Gasteiger partial charge in [-0.3, -0.25) is 0 Å². The maximum absolute atomic E-state index is 10.7. The normalized spacial score (nSPS) is 12.6. The van der Waals surface area contributed by atoms with Gasteiger partial charge in [0.1, 0.15) is 6.61 Å². The van der Waals surface area contributed by atoms with E-state index >= 15 is 0 Å². The molecule has 0 aliphatic heterocycles. The van der Waals surface area contributed by atoms with Gasteiger partial charge in [0.05, 0.1) is 6.61 Å². The number of hydrogen-bond acceptors (Lipinski definition) is 3. The van der Waals surface area contributed by atoms with E-state index in [1.54, 1.807) is 0 Å². The van der Waals surface area contributed by atoms with E-state index in [1.165, 1.54) is 0 Å². The van der Waals surface area contributed by atoms with Crippen molar-refractivity contribution in [3.63, 3.8) is 0 Å². The molecule has 0 heterocycles. The Morgan fingerprint density at radius 2 is 1.69 bits per heavy atom. The summed E-state index contributed by atoms with van der Waals surface area (Å²) in [5.41, 5.74) is 0.572. The van der Waals surface area contributed by atoms with Crippen LogP contribution in [0.15, 0.2) is 0 Å². The van der Waals surface area contributed by atoms with E-state index < -0.39 is 12.6 Å². The van der Waals surface area contributed by atoms with Crippen molar-refractivity contribution in [2.45, 2.75) is 53.9 Å². The summed E-state index contributed by atoms with van der Waals surface area (Å²) in [6.45, 7) is 11.2. The van der Waals surface area contributed by atoms with Crippen molar-refractivity contribution in [2.75, 3.05) is 13.2 Å². The molecule has 0 aromatic rings. The van der Waals surface area contributed by atoms with Crippen molar-refractivity contribution in [1.29, 1.82) is 0 Å². The summed E-state index contributed by atoms with van der Waals surface area (Å²) in [5, 5.41) is 8.45. The molecule has 1 N–H and O–H groups in total. The van der Waals surface area contributed by atoms with Crippen LogP contribution in [0.2, 0.25) is 0 Å². The Kier molecular flexibility index (Phi) is 6.01. The third-order valence-electron chi connectivity index (χ3n) is 3.62. The molecule has 96 valence electrons. The van der Waals surface area contributed by atoms with Crippen LogP contribution < -0.4 is 0 Å². The summed E-state index contributed by atoms with van der Waals surface area (Å²) < 4.78 is 4.80. The number of carbonyl (C=O) groups is 1. The molecule has 0 spiro atoms. The second kappa shape index (κ2) is 6.24. The summed E-state index contributed by atoms with van der Waals surface area (Å²) >= 11 is 0. The highest BCUT2D eigenvalue weighted by molar-refractivity contribution is 5.70. The van der Waals surface area contributed by atoms with Crippen LogP contribution in [0.4, 0.5) is 0 Å². The molecular formula is C13H26O3. The Morgan fingerprint density at radius 1 is 1.12 bits per heavy atom. The van der Waals surface area contributed by atoms with Crippen LogP contribution in [-0.4, -0.2) is 24.3 Å². The first-order valence-electron chi connectivity index (χ1n) is 5.97. The van der Waals surface area contributed by atoms with Crippen molar-refractivity contribution in [3.05, 3.63) is 0 Å². The van der Waals surface area contributed by atoms with Gasteiger partial charge in [0.25, 0.3) is 0 Å². The van der Waals surface area contributed by atoms with Crippen molar-refractivity contribution in [1.82, 2.24) is 0 Å². The lowest BCUT2D eigenvalue weighted by molar-refractivity contribution is -0.147. The Balaban J connectivity index is 3.71. The lowest BCUT2D eigenvalue weighted by atomic mass is 9.67. The van der Waals surface area contributed by atoms with Crippen molar-refractivity contribution < 1.29 is 14.6 Å². The van der Waals surface area contributed by atoms with Gasteiger partial charge in [-0.2, -0.15) is 0 Å². The zero-order chi connectivity index (χ0) is 12.8. The van der Waals surface area contributed by atoms with Crippen LogP contribution in [0.3, 0.4) is 0 Å². The highest BCUT2D eigenvalue weighted by atomic mass is 16.5. The summed E-state index contributed by atoms with van der Waals surface area (Å²) in [7, 11) is 0. The number of rotatable bonds is 6. The number of esters is 1. The van der Waals surface area contributed by atoms with Gasteiger partial charge in [0.2, 0.25) is 0 Å². The van der Waals surface area contributed by atoms with Gasteiger partial charge in [0.15, 0.2) is 0 Å².